The normalized spacial score (nSPS) is 9.71. The van der Waals surface area contributed by atoms with E-state index in [1.807, 2.05) is 24.3 Å². The summed E-state index contributed by atoms with van der Waals surface area (Å²) in [4.78, 5) is 14.2. The van der Waals surface area contributed by atoms with Gasteiger partial charge in [-0.15, -0.1) is 0 Å². The summed E-state index contributed by atoms with van der Waals surface area (Å²) in [5, 5.41) is 0.926. The Morgan fingerprint density at radius 3 is 2.93 bits per heavy atom. The van der Waals surface area contributed by atoms with Crippen LogP contribution in [-0.4, -0.2) is 11.0 Å². The molecule has 2 aromatic rings. The topological polar surface area (TPSA) is 53.5 Å². The van der Waals surface area contributed by atoms with Gasteiger partial charge < -0.3 is 5.53 Å². The van der Waals surface area contributed by atoms with Crippen molar-refractivity contribution in [2.24, 2.45) is 0 Å². The lowest BCUT2D eigenvalue weighted by Crippen LogP contribution is -1.96. The fourth-order valence-electron chi connectivity index (χ4n) is 1.31. The second-order valence-corrected chi connectivity index (χ2v) is 3.81. The van der Waals surface area contributed by atoms with Crippen molar-refractivity contribution in [2.45, 2.75) is 0 Å². The molecule has 0 aliphatic heterocycles. The number of nitrogens with zero attached hydrogens (tertiary/aromatic N) is 2. The van der Waals surface area contributed by atoms with E-state index < -0.39 is 0 Å². The molecular weight excluding hydrogens is 196 g/mol. The smallest absolute Gasteiger partial charge is 0.288 e. The SMILES string of the molecule is [N-]=[N+]=Cc1cc(=O)sc2ccccc12. The second-order valence-electron chi connectivity index (χ2n) is 2.76. The van der Waals surface area contributed by atoms with Gasteiger partial charge in [0.15, 0.2) is 0 Å². The van der Waals surface area contributed by atoms with Crippen LogP contribution in [0.25, 0.3) is 15.6 Å². The first-order valence-corrected chi connectivity index (χ1v) is 4.83. The van der Waals surface area contributed by atoms with E-state index in [4.69, 9.17) is 5.53 Å². The van der Waals surface area contributed by atoms with E-state index in [2.05, 4.69) is 4.79 Å². The van der Waals surface area contributed by atoms with Gasteiger partial charge in [-0.3, -0.25) is 4.79 Å². The van der Waals surface area contributed by atoms with E-state index in [1.54, 1.807) is 0 Å². The zero-order valence-electron chi connectivity index (χ0n) is 7.18. The molecule has 4 heteroatoms. The van der Waals surface area contributed by atoms with Crippen LogP contribution in [0.5, 0.6) is 0 Å². The van der Waals surface area contributed by atoms with E-state index in [9.17, 15) is 4.79 Å². The summed E-state index contributed by atoms with van der Waals surface area (Å²) in [6.07, 6.45) is 1.27. The van der Waals surface area contributed by atoms with E-state index in [0.717, 1.165) is 10.1 Å². The molecule has 0 aliphatic carbocycles. The number of hydrogen-bond acceptors (Lipinski definition) is 2. The van der Waals surface area contributed by atoms with Gasteiger partial charge in [0.25, 0.3) is 6.21 Å². The Labute approximate surface area is 83.9 Å². The predicted octanol–water partition coefficient (Wildman–Crippen LogP) is 1.91. The third-order valence-corrected chi connectivity index (χ3v) is 2.77. The van der Waals surface area contributed by atoms with Crippen LogP contribution in [0.15, 0.2) is 35.1 Å². The number of benzene rings is 1. The van der Waals surface area contributed by atoms with Gasteiger partial charge >= 0.3 is 0 Å². The van der Waals surface area contributed by atoms with Crippen molar-refractivity contribution >= 4 is 27.6 Å². The summed E-state index contributed by atoms with van der Waals surface area (Å²) >= 11 is 1.18. The molecule has 1 aromatic carbocycles. The molecule has 2 rings (SSSR count). The summed E-state index contributed by atoms with van der Waals surface area (Å²) < 4.78 is 0.855. The van der Waals surface area contributed by atoms with Crippen molar-refractivity contribution in [3.05, 3.63) is 51.0 Å². The number of hydrogen-bond donors (Lipinski definition) is 0. The molecule has 68 valence electrons. The molecular formula is C10H6N2OS. The van der Waals surface area contributed by atoms with Gasteiger partial charge in [-0.1, -0.05) is 29.5 Å². The van der Waals surface area contributed by atoms with Crippen LogP contribution in [0, 0.1) is 0 Å². The van der Waals surface area contributed by atoms with E-state index >= 15 is 0 Å². The molecule has 0 radical (unpaired) electrons. The lowest BCUT2D eigenvalue weighted by atomic mass is 10.1. The first kappa shape index (κ1) is 8.81. The number of fused-ring (bicyclic) bond motifs is 1. The molecule has 0 N–H and O–H groups in total. The highest BCUT2D eigenvalue weighted by molar-refractivity contribution is 7.16. The predicted molar refractivity (Wildman–Crippen MR) is 56.9 cm³/mol. The van der Waals surface area contributed by atoms with Crippen molar-refractivity contribution in [3.8, 4) is 0 Å². The Morgan fingerprint density at radius 2 is 2.14 bits per heavy atom. The van der Waals surface area contributed by atoms with Crippen LogP contribution in [-0.2, 0) is 0 Å². The first-order chi connectivity index (χ1) is 6.81. The minimum Gasteiger partial charge on any atom is -0.361 e. The fraction of sp³-hybridized carbons (Fsp3) is 0. The average molecular weight is 202 g/mol. The van der Waals surface area contributed by atoms with Crippen molar-refractivity contribution in [3.63, 3.8) is 0 Å². The monoisotopic (exact) mass is 202 g/mol. The van der Waals surface area contributed by atoms with E-state index in [-0.39, 0.29) is 4.74 Å². The largest absolute Gasteiger partial charge is 0.361 e. The summed E-state index contributed by atoms with van der Waals surface area (Å²) in [6.45, 7) is 0. The van der Waals surface area contributed by atoms with E-state index in [0.29, 0.717) is 5.56 Å². The first-order valence-electron chi connectivity index (χ1n) is 4.01. The lowest BCUT2D eigenvalue weighted by molar-refractivity contribution is 0.00466. The highest BCUT2D eigenvalue weighted by Gasteiger charge is 2.03. The van der Waals surface area contributed by atoms with Gasteiger partial charge in [0.2, 0.25) is 4.74 Å². The molecule has 0 unspecified atom stereocenters. The summed E-state index contributed by atoms with van der Waals surface area (Å²) in [6, 6.07) is 8.98. The van der Waals surface area contributed by atoms with Gasteiger partial charge in [-0.2, -0.15) is 4.79 Å². The van der Waals surface area contributed by atoms with Crippen molar-refractivity contribution in [1.82, 2.24) is 0 Å². The van der Waals surface area contributed by atoms with Crippen molar-refractivity contribution in [2.75, 3.05) is 0 Å². The second kappa shape index (κ2) is 3.54. The fourth-order valence-corrected chi connectivity index (χ4v) is 2.15. The molecule has 0 saturated heterocycles. The standard InChI is InChI=1S/C10H6N2OS/c11-12-6-7-5-10(13)14-9-4-2-1-3-8(7)9/h1-6H. The zero-order chi connectivity index (χ0) is 9.97. The Bertz CT molecular complexity index is 582. The highest BCUT2D eigenvalue weighted by Crippen LogP contribution is 2.17. The quantitative estimate of drug-likeness (QED) is 0.396. The maximum Gasteiger partial charge on any atom is 0.288 e. The Kier molecular flexibility index (Phi) is 2.23. The summed E-state index contributed by atoms with van der Waals surface area (Å²) in [5.74, 6) is 0. The molecule has 0 spiro atoms. The van der Waals surface area contributed by atoms with Gasteiger partial charge in [-0.05, 0) is 6.07 Å². The van der Waals surface area contributed by atoms with E-state index in [1.165, 1.54) is 23.6 Å². The van der Waals surface area contributed by atoms with Gasteiger partial charge in [0, 0.05) is 16.2 Å². The molecule has 1 heterocycles. The molecule has 0 saturated carbocycles. The Morgan fingerprint density at radius 1 is 1.36 bits per heavy atom. The minimum absolute atomic E-state index is 0.0430. The Hall–Kier alpha value is -1.77. The molecule has 14 heavy (non-hydrogen) atoms. The van der Waals surface area contributed by atoms with Crippen LogP contribution >= 0.6 is 11.3 Å². The van der Waals surface area contributed by atoms with Crippen LogP contribution in [0.3, 0.4) is 0 Å². The molecule has 0 atom stereocenters. The van der Waals surface area contributed by atoms with Gasteiger partial charge in [0.05, 0.1) is 5.56 Å². The van der Waals surface area contributed by atoms with Gasteiger partial charge in [0.1, 0.15) is 0 Å². The Balaban J connectivity index is 2.93. The third kappa shape index (κ3) is 1.48. The molecule has 0 aliphatic rings. The van der Waals surface area contributed by atoms with Crippen LogP contribution < -0.4 is 4.74 Å². The maximum absolute atomic E-state index is 11.3. The molecule has 0 amide bonds. The molecule has 0 bridgehead atoms. The molecule has 3 nitrogen and oxygen atoms in total. The van der Waals surface area contributed by atoms with Gasteiger partial charge in [-0.25, -0.2) is 0 Å². The van der Waals surface area contributed by atoms with Crippen LogP contribution in [0.2, 0.25) is 0 Å². The summed E-state index contributed by atoms with van der Waals surface area (Å²) in [7, 11) is 0. The van der Waals surface area contributed by atoms with Crippen molar-refractivity contribution < 1.29 is 4.79 Å². The maximum atomic E-state index is 11.3. The van der Waals surface area contributed by atoms with Crippen LogP contribution in [0.1, 0.15) is 5.56 Å². The molecule has 1 aromatic heterocycles. The minimum atomic E-state index is -0.0430. The average Bonchev–Trinajstić information content (AvgIpc) is 2.18. The van der Waals surface area contributed by atoms with Crippen molar-refractivity contribution in [1.29, 1.82) is 0 Å². The molecule has 0 fully saturated rings. The van der Waals surface area contributed by atoms with Crippen LogP contribution in [0.4, 0.5) is 0 Å². The third-order valence-electron chi connectivity index (χ3n) is 1.88. The zero-order valence-corrected chi connectivity index (χ0v) is 7.99. The lowest BCUT2D eigenvalue weighted by Gasteiger charge is -1.95. The highest BCUT2D eigenvalue weighted by atomic mass is 32.1. The summed E-state index contributed by atoms with van der Waals surface area (Å²) in [5.41, 5.74) is 9.09. The number of rotatable bonds is 1.